The highest BCUT2D eigenvalue weighted by Crippen LogP contribution is 2.35. The third-order valence-electron chi connectivity index (χ3n) is 5.32. The van der Waals surface area contributed by atoms with Gasteiger partial charge in [-0.3, -0.25) is 14.6 Å². The summed E-state index contributed by atoms with van der Waals surface area (Å²) in [6.07, 6.45) is 4.89. The Hall–Kier alpha value is -2.89. The predicted octanol–water partition coefficient (Wildman–Crippen LogP) is 2.50. The van der Waals surface area contributed by atoms with Gasteiger partial charge in [0.15, 0.2) is 0 Å². The molecule has 1 fully saturated rings. The number of ether oxygens (including phenoxy) is 1. The van der Waals surface area contributed by atoms with Gasteiger partial charge in [0.2, 0.25) is 5.91 Å². The van der Waals surface area contributed by atoms with E-state index in [2.05, 4.69) is 4.98 Å². The SMILES string of the molecule is CC(=O)N1Cc2ccccc2OC2(CCCN(C(=O)c3cccnc3)C2)C1. The molecule has 1 atom stereocenters. The summed E-state index contributed by atoms with van der Waals surface area (Å²) in [5.74, 6) is 0.778. The summed E-state index contributed by atoms with van der Waals surface area (Å²) < 4.78 is 6.48. The van der Waals surface area contributed by atoms with Crippen LogP contribution >= 0.6 is 0 Å². The number of para-hydroxylation sites is 1. The largest absolute Gasteiger partial charge is 0.483 e. The van der Waals surface area contributed by atoms with Gasteiger partial charge < -0.3 is 14.5 Å². The Bertz CT molecular complexity index is 855. The Balaban J connectivity index is 1.64. The number of fused-ring (bicyclic) bond motifs is 1. The molecular formula is C21H23N3O3. The molecule has 2 aliphatic rings. The summed E-state index contributed by atoms with van der Waals surface area (Å²) in [4.78, 5) is 32.8. The number of rotatable bonds is 1. The van der Waals surface area contributed by atoms with Gasteiger partial charge in [-0.15, -0.1) is 0 Å². The van der Waals surface area contributed by atoms with Crippen molar-refractivity contribution in [3.63, 3.8) is 0 Å². The van der Waals surface area contributed by atoms with E-state index in [1.807, 2.05) is 34.1 Å². The third kappa shape index (κ3) is 3.52. The number of likely N-dealkylation sites (tertiary alicyclic amines) is 1. The van der Waals surface area contributed by atoms with Gasteiger partial charge in [-0.05, 0) is 31.0 Å². The van der Waals surface area contributed by atoms with E-state index in [1.54, 1.807) is 31.5 Å². The van der Waals surface area contributed by atoms with Crippen LogP contribution in [-0.4, -0.2) is 51.8 Å². The topological polar surface area (TPSA) is 62.7 Å². The molecule has 1 spiro atoms. The second kappa shape index (κ2) is 7.02. The first-order valence-corrected chi connectivity index (χ1v) is 9.28. The first-order valence-electron chi connectivity index (χ1n) is 9.28. The van der Waals surface area contributed by atoms with Crippen molar-refractivity contribution < 1.29 is 14.3 Å². The number of benzene rings is 1. The monoisotopic (exact) mass is 365 g/mol. The molecule has 140 valence electrons. The third-order valence-corrected chi connectivity index (χ3v) is 5.32. The zero-order valence-corrected chi connectivity index (χ0v) is 15.4. The molecule has 0 N–H and O–H groups in total. The summed E-state index contributed by atoms with van der Waals surface area (Å²) in [6, 6.07) is 11.4. The molecular weight excluding hydrogens is 342 g/mol. The number of aromatic nitrogens is 1. The van der Waals surface area contributed by atoms with Gasteiger partial charge in [0.25, 0.3) is 5.91 Å². The standard InChI is InChI=1S/C21H23N3O3/c1-16(25)24-13-18-6-2-3-8-19(18)27-21(15-24)9-5-11-23(14-21)20(26)17-7-4-10-22-12-17/h2-4,6-8,10,12H,5,9,11,13-15H2,1H3. The molecule has 0 radical (unpaired) electrons. The van der Waals surface area contributed by atoms with Gasteiger partial charge in [-0.1, -0.05) is 18.2 Å². The molecule has 1 aromatic carbocycles. The Kier molecular flexibility index (Phi) is 4.56. The Labute approximate surface area is 158 Å². The zero-order valence-electron chi connectivity index (χ0n) is 15.4. The van der Waals surface area contributed by atoms with Gasteiger partial charge in [-0.25, -0.2) is 0 Å². The second-order valence-electron chi connectivity index (χ2n) is 7.34. The van der Waals surface area contributed by atoms with Crippen LogP contribution in [0.1, 0.15) is 35.7 Å². The summed E-state index contributed by atoms with van der Waals surface area (Å²) >= 11 is 0. The Morgan fingerprint density at radius 2 is 1.93 bits per heavy atom. The first kappa shape index (κ1) is 17.5. The molecule has 1 aromatic heterocycles. The first-order chi connectivity index (χ1) is 13.1. The quantitative estimate of drug-likeness (QED) is 0.779. The summed E-state index contributed by atoms with van der Waals surface area (Å²) in [5.41, 5.74) is 0.987. The fraction of sp³-hybridized carbons (Fsp3) is 0.381. The number of carbonyl (C=O) groups is 2. The predicted molar refractivity (Wildman–Crippen MR) is 100 cm³/mol. The fourth-order valence-electron chi connectivity index (χ4n) is 3.99. The van der Waals surface area contributed by atoms with Crippen molar-refractivity contribution in [3.8, 4) is 5.75 Å². The summed E-state index contributed by atoms with van der Waals surface area (Å²) in [7, 11) is 0. The van der Waals surface area contributed by atoms with E-state index < -0.39 is 5.60 Å². The number of hydrogen-bond acceptors (Lipinski definition) is 4. The molecule has 1 unspecified atom stereocenters. The smallest absolute Gasteiger partial charge is 0.255 e. The highest BCUT2D eigenvalue weighted by molar-refractivity contribution is 5.94. The van der Waals surface area contributed by atoms with E-state index >= 15 is 0 Å². The molecule has 6 nitrogen and oxygen atoms in total. The van der Waals surface area contributed by atoms with E-state index in [9.17, 15) is 9.59 Å². The van der Waals surface area contributed by atoms with Crippen LogP contribution in [0.2, 0.25) is 0 Å². The van der Waals surface area contributed by atoms with Crippen molar-refractivity contribution in [1.82, 2.24) is 14.8 Å². The lowest BCUT2D eigenvalue weighted by Gasteiger charge is -2.43. The van der Waals surface area contributed by atoms with Crippen molar-refractivity contribution in [2.75, 3.05) is 19.6 Å². The molecule has 0 bridgehead atoms. The lowest BCUT2D eigenvalue weighted by molar-refractivity contribution is -0.132. The second-order valence-corrected chi connectivity index (χ2v) is 7.34. The Morgan fingerprint density at radius 1 is 1.11 bits per heavy atom. The van der Waals surface area contributed by atoms with E-state index in [-0.39, 0.29) is 11.8 Å². The van der Waals surface area contributed by atoms with Crippen molar-refractivity contribution >= 4 is 11.8 Å². The van der Waals surface area contributed by atoms with Gasteiger partial charge in [-0.2, -0.15) is 0 Å². The lowest BCUT2D eigenvalue weighted by Crippen LogP contribution is -2.58. The van der Waals surface area contributed by atoms with E-state index in [1.165, 1.54) is 0 Å². The average Bonchev–Trinajstić information content (AvgIpc) is 2.84. The van der Waals surface area contributed by atoms with Crippen LogP contribution in [0, 0.1) is 0 Å². The summed E-state index contributed by atoms with van der Waals surface area (Å²) in [6.45, 7) is 3.74. The van der Waals surface area contributed by atoms with Crippen LogP contribution in [0.15, 0.2) is 48.8 Å². The average molecular weight is 365 g/mol. The van der Waals surface area contributed by atoms with Crippen LogP contribution in [-0.2, 0) is 11.3 Å². The van der Waals surface area contributed by atoms with Gasteiger partial charge in [0, 0.05) is 38.0 Å². The molecule has 27 heavy (non-hydrogen) atoms. The number of amides is 2. The van der Waals surface area contributed by atoms with Crippen molar-refractivity contribution in [2.24, 2.45) is 0 Å². The lowest BCUT2D eigenvalue weighted by atomic mass is 9.91. The zero-order chi connectivity index (χ0) is 18.9. The number of pyridine rings is 1. The Morgan fingerprint density at radius 3 is 2.70 bits per heavy atom. The molecule has 0 aliphatic carbocycles. The van der Waals surface area contributed by atoms with Gasteiger partial charge in [0.05, 0.1) is 18.7 Å². The molecule has 0 saturated carbocycles. The fourth-order valence-corrected chi connectivity index (χ4v) is 3.99. The molecule has 4 rings (SSSR count). The maximum absolute atomic E-state index is 12.9. The number of carbonyl (C=O) groups excluding carboxylic acids is 2. The van der Waals surface area contributed by atoms with E-state index in [4.69, 9.17) is 4.74 Å². The molecule has 6 heteroatoms. The van der Waals surface area contributed by atoms with E-state index in [0.29, 0.717) is 31.7 Å². The normalized spacial score (nSPS) is 22.0. The van der Waals surface area contributed by atoms with Gasteiger partial charge >= 0.3 is 0 Å². The van der Waals surface area contributed by atoms with E-state index in [0.717, 1.165) is 24.2 Å². The van der Waals surface area contributed by atoms with Crippen LogP contribution < -0.4 is 4.74 Å². The minimum atomic E-state index is -0.589. The van der Waals surface area contributed by atoms with Crippen LogP contribution in [0.3, 0.4) is 0 Å². The summed E-state index contributed by atoms with van der Waals surface area (Å²) in [5, 5.41) is 0. The highest BCUT2D eigenvalue weighted by atomic mass is 16.5. The van der Waals surface area contributed by atoms with Crippen LogP contribution in [0.4, 0.5) is 0 Å². The number of piperidine rings is 1. The molecule has 2 aliphatic heterocycles. The van der Waals surface area contributed by atoms with Crippen LogP contribution in [0.5, 0.6) is 5.75 Å². The van der Waals surface area contributed by atoms with Crippen molar-refractivity contribution in [2.45, 2.75) is 31.9 Å². The molecule has 1 saturated heterocycles. The number of hydrogen-bond donors (Lipinski definition) is 0. The molecule has 2 aromatic rings. The van der Waals surface area contributed by atoms with Gasteiger partial charge in [0.1, 0.15) is 11.4 Å². The molecule has 3 heterocycles. The molecule has 2 amide bonds. The van der Waals surface area contributed by atoms with Crippen molar-refractivity contribution in [3.05, 3.63) is 59.9 Å². The number of nitrogens with zero attached hydrogens (tertiary/aromatic N) is 3. The highest BCUT2D eigenvalue weighted by Gasteiger charge is 2.43. The minimum absolute atomic E-state index is 0.0189. The maximum Gasteiger partial charge on any atom is 0.255 e. The van der Waals surface area contributed by atoms with Crippen molar-refractivity contribution in [1.29, 1.82) is 0 Å². The maximum atomic E-state index is 12.9. The van der Waals surface area contributed by atoms with Crippen LogP contribution in [0.25, 0.3) is 0 Å². The minimum Gasteiger partial charge on any atom is -0.483 e.